The zero-order valence-electron chi connectivity index (χ0n) is 52.4. The van der Waals surface area contributed by atoms with E-state index in [1.165, 1.54) is 0 Å². The normalized spacial score (nSPS) is 15.8. The van der Waals surface area contributed by atoms with Crippen LogP contribution in [0.25, 0.3) is 0 Å². The Balaban J connectivity index is 0.00000840. The van der Waals surface area contributed by atoms with Crippen LogP contribution in [0.3, 0.4) is 0 Å². The summed E-state index contributed by atoms with van der Waals surface area (Å²) >= 11 is 2.89. The molecule has 398 valence electrons. The van der Waals surface area contributed by atoms with Crippen molar-refractivity contribution in [1.29, 1.82) is 0 Å². The van der Waals surface area contributed by atoms with E-state index in [0.717, 1.165) is 0 Å². The molecule has 3 aromatic carbocycles. The van der Waals surface area contributed by atoms with Gasteiger partial charge in [-0.1, -0.05) is 0 Å². The Labute approximate surface area is 481 Å². The fourth-order valence-electron chi connectivity index (χ4n) is 13.2. The largest absolute Gasteiger partial charge is 1.00 e. The minimum atomic E-state index is -3.40. The zero-order valence-corrected chi connectivity index (χ0v) is 66.2. The van der Waals surface area contributed by atoms with Gasteiger partial charge in [-0.2, -0.15) is 0 Å². The molecule has 71 heavy (non-hydrogen) atoms. The smallest absolute Gasteiger partial charge is 1.00 e. The number of hydrogen-bond acceptors (Lipinski definition) is 0. The van der Waals surface area contributed by atoms with Crippen molar-refractivity contribution in [3.05, 3.63) is 57.2 Å². The maximum Gasteiger partial charge on any atom is -1.00 e. The molecule has 0 N–H and O–H groups in total. The topological polar surface area (TPSA) is 0 Å². The van der Waals surface area contributed by atoms with E-state index >= 15 is 0 Å². The molecule has 0 amide bonds. The van der Waals surface area contributed by atoms with Gasteiger partial charge in [0.15, 0.2) is 0 Å². The van der Waals surface area contributed by atoms with Gasteiger partial charge in [0.1, 0.15) is 0 Å². The summed E-state index contributed by atoms with van der Waals surface area (Å²) in [5.74, 6) is 0. The van der Waals surface area contributed by atoms with Crippen LogP contribution in [0.2, 0.25) is 180 Å². The maximum absolute atomic E-state index is 3.40. The molecule has 0 radical (unpaired) electrons. The summed E-state index contributed by atoms with van der Waals surface area (Å²) in [7, 11) is -21.2. The minimum Gasteiger partial charge on any atom is -1.00 e. The number of aryl methyl sites for hydroxylation is 3. The van der Waals surface area contributed by atoms with Crippen LogP contribution in [0.1, 0.15) is 44.4 Å². The van der Waals surface area contributed by atoms with E-state index < -0.39 is 80.7 Å². The molecule has 0 bridgehead atoms. The quantitative estimate of drug-likeness (QED) is 0.182. The summed E-state index contributed by atoms with van der Waals surface area (Å²) in [6, 6.07) is 8.69. The van der Waals surface area contributed by atoms with Crippen molar-refractivity contribution in [3.8, 4) is 0 Å². The Morgan fingerprint density at radius 3 is 0.577 bits per heavy atom. The predicted octanol–water partition coefficient (Wildman–Crippen LogP) is 1.93. The van der Waals surface area contributed by atoms with Crippen LogP contribution in [-0.2, 0) is 20.4 Å². The third kappa shape index (κ3) is 12.2. The average Bonchev–Trinajstić information content (AvgIpc) is 3.23. The van der Waals surface area contributed by atoms with E-state index in [1.54, 1.807) is 54.5 Å². The second-order valence-electron chi connectivity index (χ2n) is 31.3. The van der Waals surface area contributed by atoms with E-state index in [0.29, 0.717) is 0 Å². The van der Waals surface area contributed by atoms with Crippen LogP contribution in [0, 0.1) is 20.8 Å². The second kappa shape index (κ2) is 21.5. The van der Waals surface area contributed by atoms with Crippen molar-refractivity contribution in [2.75, 3.05) is 0 Å². The summed E-state index contributed by atoms with van der Waals surface area (Å²) < 4.78 is -0.204. The fourth-order valence-corrected chi connectivity index (χ4v) is 57.0. The third-order valence-corrected chi connectivity index (χ3v) is 45.3. The van der Waals surface area contributed by atoms with E-state index in [1.807, 2.05) is 46.7 Å². The summed E-state index contributed by atoms with van der Waals surface area (Å²) in [6.07, 6.45) is 0. The minimum absolute atomic E-state index is 0. The van der Waals surface area contributed by atoms with Crippen LogP contribution in [0.5, 0.6) is 0 Å². The SMILES string of the molecule is CC1=C(C)[C]([Ti+3])([Si](c2c(C)cc([Si](C)(C)C)c([Si](C)(C)C)c2[Si](C)(C)C)(c2c(C)cc([Si](C)(C)C)c([Si](C)(C)C)c2[Si](C)(C)C)c2c(C)cc([Si](C)(C)C)c([Si](C)(C)C)c2[Si](C)(C)C)C(C)=C1C.[Cl-].[Cl-].[Cl-]. The summed E-state index contributed by atoms with van der Waals surface area (Å²) in [5, 5.41) is 22.3. The third-order valence-electron chi connectivity index (χ3n) is 16.0. The van der Waals surface area contributed by atoms with Crippen molar-refractivity contribution in [2.24, 2.45) is 0 Å². The predicted molar refractivity (Wildman–Crippen MR) is 344 cm³/mol. The first-order valence-corrected chi connectivity index (χ1v) is 60.8. The van der Waals surface area contributed by atoms with E-state index in [2.05, 4.69) is 264 Å². The fraction of sp³-hybridized carbons (Fsp3) is 0.614. The Morgan fingerprint density at radius 2 is 0.437 bits per heavy atom. The van der Waals surface area contributed by atoms with Crippen LogP contribution in [-0.4, -0.2) is 80.7 Å². The van der Waals surface area contributed by atoms with Gasteiger partial charge in [0.25, 0.3) is 0 Å². The first kappa shape index (κ1) is 69.9. The molecule has 0 aliphatic heterocycles. The monoisotopic (exact) mass is 1220 g/mol. The Bertz CT molecular complexity index is 2330. The van der Waals surface area contributed by atoms with Crippen molar-refractivity contribution in [1.82, 2.24) is 0 Å². The van der Waals surface area contributed by atoms with Crippen LogP contribution in [0.15, 0.2) is 40.5 Å². The molecule has 0 atom stereocenters. The standard InChI is InChI=1S/C57H105Si10.3ClH.Ti/c1-38-35-45(58(8,9)10)52(61(17,18)19)55(64(26,27)28)48(38)67(51-43(6)41(4)42(5)44(51)7,49-39(2)36-46(59(11,12)13)53(62(20,21)22)56(49)65(29,30)31)50-40(3)37-47(60(14,15)16)54(63(23,24)25)57(50)66(32,33)34;;;;/h35-37H,1-34H3;3*1H;/q;;;;+3/p-3. The van der Waals surface area contributed by atoms with Crippen LogP contribution < -0.4 is 99.5 Å². The molecule has 0 nitrogen and oxygen atoms in total. The molecule has 0 fully saturated rings. The van der Waals surface area contributed by atoms with Gasteiger partial charge >= 0.3 is 449 Å². The molecule has 14 heteroatoms. The summed E-state index contributed by atoms with van der Waals surface area (Å²) in [6.45, 7) is 92.0. The van der Waals surface area contributed by atoms with Crippen LogP contribution in [0.4, 0.5) is 0 Å². The molecule has 0 saturated heterocycles. The molecule has 0 spiro atoms. The molecule has 0 aromatic heterocycles. The van der Waals surface area contributed by atoms with Gasteiger partial charge in [0.05, 0.1) is 0 Å². The van der Waals surface area contributed by atoms with Crippen molar-refractivity contribution in [2.45, 2.75) is 229 Å². The average molecular weight is 1230 g/mol. The molecule has 1 aliphatic rings. The van der Waals surface area contributed by atoms with E-state index in [9.17, 15) is 0 Å². The van der Waals surface area contributed by atoms with E-state index in [-0.39, 0.29) is 40.6 Å². The van der Waals surface area contributed by atoms with Gasteiger partial charge in [0.2, 0.25) is 0 Å². The molecule has 1 aliphatic carbocycles. The van der Waals surface area contributed by atoms with Gasteiger partial charge in [0, 0.05) is 0 Å². The first-order chi connectivity index (χ1) is 29.8. The van der Waals surface area contributed by atoms with Crippen molar-refractivity contribution >= 4 is 143 Å². The van der Waals surface area contributed by atoms with Gasteiger partial charge < -0.3 is 37.2 Å². The Morgan fingerprint density at radius 1 is 0.268 bits per heavy atom. The molecule has 0 heterocycles. The second-order valence-corrected chi connectivity index (χ2v) is 82.2. The van der Waals surface area contributed by atoms with Gasteiger partial charge in [-0.25, -0.2) is 0 Å². The first-order valence-electron chi connectivity index (χ1n) is 26.5. The Hall–Kier alpha value is 0.893. The van der Waals surface area contributed by atoms with Crippen molar-refractivity contribution < 1.29 is 57.7 Å². The molecular formula is C57H105Cl3Si10Ti. The Kier molecular flexibility index (Phi) is 21.2. The molecule has 3 aromatic rings. The number of hydrogen-bond donors (Lipinski definition) is 0. The van der Waals surface area contributed by atoms with Gasteiger partial charge in [-0.3, -0.25) is 0 Å². The van der Waals surface area contributed by atoms with Crippen LogP contribution >= 0.6 is 0 Å². The summed E-state index contributed by atoms with van der Waals surface area (Å²) in [4.78, 5) is 0. The van der Waals surface area contributed by atoms with Gasteiger partial charge in [-0.15, -0.1) is 0 Å². The molecule has 0 unspecified atom stereocenters. The van der Waals surface area contributed by atoms with Crippen molar-refractivity contribution in [3.63, 3.8) is 0 Å². The number of benzene rings is 3. The zero-order chi connectivity index (χ0) is 53.6. The molecule has 0 saturated carbocycles. The maximum atomic E-state index is 2.90. The molecule has 4 rings (SSSR count). The van der Waals surface area contributed by atoms with Gasteiger partial charge in [-0.05, 0) is 0 Å². The number of halogens is 3. The molecular weight excluding hydrogens is 1120 g/mol. The number of allylic oxidation sites excluding steroid dienone is 4. The summed E-state index contributed by atoms with van der Waals surface area (Å²) in [5.41, 5.74) is 11.3. The number of rotatable bonds is 13. The van der Waals surface area contributed by atoms with E-state index in [4.69, 9.17) is 0 Å².